The van der Waals surface area contributed by atoms with Gasteiger partial charge < -0.3 is 10.2 Å². The van der Waals surface area contributed by atoms with Gasteiger partial charge in [0.1, 0.15) is 0 Å². The Labute approximate surface area is 80.6 Å². The van der Waals surface area contributed by atoms with Crippen molar-refractivity contribution >= 4 is 0 Å². The first kappa shape index (κ1) is 12.4. The summed E-state index contributed by atoms with van der Waals surface area (Å²) in [5, 5.41) is 18.7. The van der Waals surface area contributed by atoms with E-state index in [1.54, 1.807) is 13.0 Å². The Morgan fingerprint density at radius 3 is 2.46 bits per heavy atom. The van der Waals surface area contributed by atoms with Crippen LogP contribution in [-0.4, -0.2) is 21.9 Å². The Bertz CT molecular complexity index is 161. The van der Waals surface area contributed by atoms with Crippen LogP contribution in [-0.2, 0) is 0 Å². The summed E-state index contributed by atoms with van der Waals surface area (Å²) in [6, 6.07) is 0. The average Bonchev–Trinajstić information content (AvgIpc) is 2.12. The summed E-state index contributed by atoms with van der Waals surface area (Å²) in [5.41, 5.74) is -0.765. The molecule has 0 saturated heterocycles. The van der Waals surface area contributed by atoms with Gasteiger partial charge in [0, 0.05) is 0 Å². The quantitative estimate of drug-likeness (QED) is 0.469. The van der Waals surface area contributed by atoms with Crippen molar-refractivity contribution in [3.05, 3.63) is 25.3 Å². The molecule has 0 bridgehead atoms. The largest absolute Gasteiger partial charge is 0.389 e. The Morgan fingerprint density at radius 2 is 2.00 bits per heavy atom. The lowest BCUT2D eigenvalue weighted by Crippen LogP contribution is -2.19. The summed E-state index contributed by atoms with van der Waals surface area (Å²) in [6.45, 7) is 8.78. The van der Waals surface area contributed by atoms with E-state index in [0.717, 1.165) is 19.3 Å². The molecule has 0 aromatic heterocycles. The highest BCUT2D eigenvalue weighted by Gasteiger charge is 2.14. The maximum absolute atomic E-state index is 9.54. The van der Waals surface area contributed by atoms with E-state index < -0.39 is 11.7 Å². The fourth-order valence-electron chi connectivity index (χ4n) is 1.06. The van der Waals surface area contributed by atoms with Crippen molar-refractivity contribution in [2.45, 2.75) is 44.3 Å². The minimum Gasteiger partial charge on any atom is -0.389 e. The summed E-state index contributed by atoms with van der Waals surface area (Å²) in [6.07, 6.45) is 5.88. The van der Waals surface area contributed by atoms with Crippen molar-refractivity contribution in [2.24, 2.45) is 0 Å². The topological polar surface area (TPSA) is 40.5 Å². The summed E-state index contributed by atoms with van der Waals surface area (Å²) in [7, 11) is 0. The fourth-order valence-corrected chi connectivity index (χ4v) is 1.06. The van der Waals surface area contributed by atoms with Crippen LogP contribution in [0.4, 0.5) is 0 Å². The second kappa shape index (κ2) is 5.95. The Morgan fingerprint density at radius 1 is 1.38 bits per heavy atom. The molecule has 2 unspecified atom stereocenters. The molecular formula is C11H20O2. The maximum atomic E-state index is 9.54. The van der Waals surface area contributed by atoms with Crippen molar-refractivity contribution in [1.29, 1.82) is 0 Å². The zero-order chi connectivity index (χ0) is 10.3. The molecule has 0 aliphatic carbocycles. The Balaban J connectivity index is 3.45. The molecule has 2 atom stereocenters. The molecule has 0 aliphatic rings. The SMILES string of the molecule is C=CC(O)CCCCC(C)(O)C=C. The Kier molecular flexibility index (Phi) is 5.67. The fraction of sp³-hybridized carbons (Fsp3) is 0.636. The molecule has 0 heterocycles. The van der Waals surface area contributed by atoms with E-state index in [9.17, 15) is 5.11 Å². The number of hydrogen-bond donors (Lipinski definition) is 2. The lowest BCUT2D eigenvalue weighted by molar-refractivity contribution is 0.0972. The molecule has 2 N–H and O–H groups in total. The molecule has 0 aliphatic heterocycles. The first-order chi connectivity index (χ1) is 6.02. The van der Waals surface area contributed by atoms with Crippen molar-refractivity contribution in [3.63, 3.8) is 0 Å². The van der Waals surface area contributed by atoms with Gasteiger partial charge in [0.05, 0.1) is 11.7 Å². The summed E-state index contributed by atoms with van der Waals surface area (Å²) < 4.78 is 0. The average molecular weight is 184 g/mol. The van der Waals surface area contributed by atoms with Crippen molar-refractivity contribution < 1.29 is 10.2 Å². The highest BCUT2D eigenvalue weighted by molar-refractivity contribution is 4.91. The van der Waals surface area contributed by atoms with Crippen LogP contribution in [0, 0.1) is 0 Å². The van der Waals surface area contributed by atoms with E-state index in [2.05, 4.69) is 13.2 Å². The van der Waals surface area contributed by atoms with Crippen LogP contribution in [0.3, 0.4) is 0 Å². The molecule has 0 rings (SSSR count). The van der Waals surface area contributed by atoms with E-state index in [-0.39, 0.29) is 0 Å². The molecule has 2 heteroatoms. The van der Waals surface area contributed by atoms with E-state index in [1.807, 2.05) is 0 Å². The molecule has 0 radical (unpaired) electrons. The van der Waals surface area contributed by atoms with Crippen LogP contribution in [0.15, 0.2) is 25.3 Å². The van der Waals surface area contributed by atoms with Gasteiger partial charge in [-0.25, -0.2) is 0 Å². The third-order valence-corrected chi connectivity index (χ3v) is 2.14. The molecule has 0 aromatic carbocycles. The van der Waals surface area contributed by atoms with Crippen LogP contribution in [0.1, 0.15) is 32.6 Å². The lowest BCUT2D eigenvalue weighted by Gasteiger charge is -2.18. The van der Waals surface area contributed by atoms with Gasteiger partial charge in [-0.1, -0.05) is 25.0 Å². The van der Waals surface area contributed by atoms with Crippen LogP contribution < -0.4 is 0 Å². The lowest BCUT2D eigenvalue weighted by atomic mass is 9.98. The van der Waals surface area contributed by atoms with Crippen molar-refractivity contribution in [2.75, 3.05) is 0 Å². The van der Waals surface area contributed by atoms with E-state index >= 15 is 0 Å². The third-order valence-electron chi connectivity index (χ3n) is 2.14. The monoisotopic (exact) mass is 184 g/mol. The number of rotatable bonds is 7. The van der Waals surface area contributed by atoms with Gasteiger partial charge in [-0.2, -0.15) is 0 Å². The van der Waals surface area contributed by atoms with Gasteiger partial charge in [0.25, 0.3) is 0 Å². The summed E-state index contributed by atoms with van der Waals surface area (Å²) in [4.78, 5) is 0. The molecule has 76 valence electrons. The normalized spacial score (nSPS) is 17.5. The van der Waals surface area contributed by atoms with Gasteiger partial charge in [-0.3, -0.25) is 0 Å². The second-order valence-electron chi connectivity index (χ2n) is 3.61. The third kappa shape index (κ3) is 6.55. The number of aliphatic hydroxyl groups excluding tert-OH is 1. The van der Waals surface area contributed by atoms with E-state index in [4.69, 9.17) is 5.11 Å². The van der Waals surface area contributed by atoms with Gasteiger partial charge in [-0.15, -0.1) is 13.2 Å². The van der Waals surface area contributed by atoms with Gasteiger partial charge >= 0.3 is 0 Å². The standard InChI is InChI=1S/C11H20O2/c1-4-10(12)8-6-7-9-11(3,13)5-2/h4-5,10,12-13H,1-2,6-9H2,3H3. The number of unbranched alkanes of at least 4 members (excludes halogenated alkanes) is 1. The first-order valence-electron chi connectivity index (χ1n) is 4.68. The maximum Gasteiger partial charge on any atom is 0.0797 e. The van der Waals surface area contributed by atoms with Crippen LogP contribution in [0.5, 0.6) is 0 Å². The molecule has 13 heavy (non-hydrogen) atoms. The van der Waals surface area contributed by atoms with Crippen molar-refractivity contribution in [3.8, 4) is 0 Å². The molecule has 0 amide bonds. The minimum atomic E-state index is -0.765. The highest BCUT2D eigenvalue weighted by Crippen LogP contribution is 2.15. The molecule has 2 nitrogen and oxygen atoms in total. The van der Waals surface area contributed by atoms with Crippen LogP contribution in [0.25, 0.3) is 0 Å². The molecule has 0 fully saturated rings. The van der Waals surface area contributed by atoms with Gasteiger partial charge in [-0.05, 0) is 19.8 Å². The molecular weight excluding hydrogens is 164 g/mol. The molecule has 0 saturated carbocycles. The minimum absolute atomic E-state index is 0.409. The predicted octanol–water partition coefficient (Wildman–Crippen LogP) is 2.03. The van der Waals surface area contributed by atoms with Crippen LogP contribution >= 0.6 is 0 Å². The van der Waals surface area contributed by atoms with Crippen LogP contribution in [0.2, 0.25) is 0 Å². The van der Waals surface area contributed by atoms with Gasteiger partial charge in [0.15, 0.2) is 0 Å². The Hall–Kier alpha value is -0.600. The van der Waals surface area contributed by atoms with E-state index in [1.165, 1.54) is 6.08 Å². The number of hydrogen-bond acceptors (Lipinski definition) is 2. The molecule has 0 spiro atoms. The highest BCUT2D eigenvalue weighted by atomic mass is 16.3. The summed E-state index contributed by atoms with van der Waals surface area (Å²) >= 11 is 0. The van der Waals surface area contributed by atoms with Gasteiger partial charge in [0.2, 0.25) is 0 Å². The first-order valence-corrected chi connectivity index (χ1v) is 4.68. The zero-order valence-corrected chi connectivity index (χ0v) is 8.37. The predicted molar refractivity (Wildman–Crippen MR) is 55.5 cm³/mol. The second-order valence-corrected chi connectivity index (χ2v) is 3.61. The van der Waals surface area contributed by atoms with E-state index in [0.29, 0.717) is 6.42 Å². The zero-order valence-electron chi connectivity index (χ0n) is 8.37. The molecule has 0 aromatic rings. The smallest absolute Gasteiger partial charge is 0.0797 e. The van der Waals surface area contributed by atoms with Crippen molar-refractivity contribution in [1.82, 2.24) is 0 Å². The number of aliphatic hydroxyl groups is 2. The summed E-state index contributed by atoms with van der Waals surface area (Å²) in [5.74, 6) is 0.